The summed E-state index contributed by atoms with van der Waals surface area (Å²) in [5.41, 5.74) is 0. The van der Waals surface area contributed by atoms with E-state index in [0.717, 1.165) is 12.8 Å². The summed E-state index contributed by atoms with van der Waals surface area (Å²) in [4.78, 5) is 10.3. The monoisotopic (exact) mass is 538 g/mol. The summed E-state index contributed by atoms with van der Waals surface area (Å²) < 4.78 is 0. The van der Waals surface area contributed by atoms with Crippen molar-refractivity contribution in [2.24, 2.45) is 0 Å². The molecule has 0 unspecified atom stereocenters. The van der Waals surface area contributed by atoms with E-state index in [1.165, 1.54) is 83.5 Å². The van der Waals surface area contributed by atoms with E-state index in [9.17, 15) is 4.79 Å². The summed E-state index contributed by atoms with van der Waals surface area (Å²) in [6.07, 6.45) is 20.2. The summed E-state index contributed by atoms with van der Waals surface area (Å²) >= 11 is 0. The van der Waals surface area contributed by atoms with Crippen LogP contribution in [0.2, 0.25) is 0 Å². The van der Waals surface area contributed by atoms with Gasteiger partial charge in [-0.3, -0.25) is 4.79 Å². The standard InChI is InChI=1S/C18H36O2.Ba.Cd.2H/c1-2-3-4-5-6-7-8-9-10-11-12-13-14-15-16-17-18(19)20;;;;/h2-17H2,1H3,(H,19,20);;;;/q;+2;;2*-1. The molecule has 0 aromatic rings. The van der Waals surface area contributed by atoms with Gasteiger partial charge in [0, 0.05) is 33.7 Å². The first-order chi connectivity index (χ1) is 9.77. The van der Waals surface area contributed by atoms with E-state index in [0.29, 0.717) is 6.42 Å². The van der Waals surface area contributed by atoms with Crippen LogP contribution in [0.1, 0.15) is 113 Å². The van der Waals surface area contributed by atoms with E-state index in [1.54, 1.807) is 0 Å². The molecule has 0 heterocycles. The molecule has 0 aliphatic carbocycles. The van der Waals surface area contributed by atoms with Crippen LogP contribution in [-0.4, -0.2) is 60.0 Å². The molecule has 0 saturated heterocycles. The van der Waals surface area contributed by atoms with Crippen molar-refractivity contribution in [3.63, 3.8) is 0 Å². The Morgan fingerprint density at radius 1 is 0.682 bits per heavy atom. The molecule has 2 nitrogen and oxygen atoms in total. The molecular weight excluding hydrogens is 498 g/mol. The van der Waals surface area contributed by atoms with Crippen molar-refractivity contribution in [3.05, 3.63) is 0 Å². The zero-order valence-electron chi connectivity index (χ0n) is 17.1. The minimum atomic E-state index is -0.653. The molecule has 1 N–H and O–H groups in total. The number of aliphatic carboxylic acids is 1. The van der Waals surface area contributed by atoms with E-state index < -0.39 is 5.97 Å². The van der Waals surface area contributed by atoms with Gasteiger partial charge in [0.1, 0.15) is 0 Å². The van der Waals surface area contributed by atoms with E-state index in [4.69, 9.17) is 5.11 Å². The average Bonchev–Trinajstić information content (AvgIpc) is 2.43. The predicted octanol–water partition coefficient (Wildman–Crippen LogP) is 6.17. The molecule has 0 bridgehead atoms. The molecule has 0 spiro atoms. The summed E-state index contributed by atoms with van der Waals surface area (Å²) in [6.45, 7) is 2.27. The van der Waals surface area contributed by atoms with Gasteiger partial charge in [-0.05, 0) is 6.42 Å². The van der Waals surface area contributed by atoms with Crippen LogP contribution in [0.5, 0.6) is 0 Å². The number of carbonyl (C=O) groups is 1. The molecular formula is C18H38BaCdO2. The van der Waals surface area contributed by atoms with Gasteiger partial charge in [0.25, 0.3) is 0 Å². The summed E-state index contributed by atoms with van der Waals surface area (Å²) in [6, 6.07) is 0. The number of rotatable bonds is 16. The summed E-state index contributed by atoms with van der Waals surface area (Å²) in [5, 5.41) is 8.52. The second kappa shape index (κ2) is 25.2. The Balaban J connectivity index is -0.000000301. The van der Waals surface area contributed by atoms with Crippen molar-refractivity contribution in [2.75, 3.05) is 0 Å². The van der Waals surface area contributed by atoms with Crippen LogP contribution in [-0.2, 0) is 32.1 Å². The van der Waals surface area contributed by atoms with Crippen LogP contribution >= 0.6 is 0 Å². The molecule has 0 rings (SSSR count). The molecule has 0 aliphatic rings. The minimum absolute atomic E-state index is 0. The van der Waals surface area contributed by atoms with Crippen molar-refractivity contribution >= 4 is 54.9 Å². The van der Waals surface area contributed by atoms with Crippen LogP contribution in [0.3, 0.4) is 0 Å². The zero-order chi connectivity index (χ0) is 14.9. The first-order valence-electron chi connectivity index (χ1n) is 8.99. The van der Waals surface area contributed by atoms with Gasteiger partial charge in [0.15, 0.2) is 0 Å². The van der Waals surface area contributed by atoms with Crippen molar-refractivity contribution in [1.82, 2.24) is 0 Å². The second-order valence-corrected chi connectivity index (χ2v) is 6.09. The number of carboxylic acid groups (broad SMARTS) is 1. The van der Waals surface area contributed by atoms with E-state index in [2.05, 4.69) is 6.92 Å². The maximum atomic E-state index is 10.3. The Morgan fingerprint density at radius 2 is 0.955 bits per heavy atom. The Hall–Kier alpha value is 1.96. The van der Waals surface area contributed by atoms with Crippen LogP contribution < -0.4 is 0 Å². The minimum Gasteiger partial charge on any atom is -1.00 e. The SMILES string of the molecule is CCCCCCCCCCCCCCCCCC(=O)O.[Ba+2].[Cd].[H-].[H-]. The van der Waals surface area contributed by atoms with E-state index in [1.807, 2.05) is 0 Å². The van der Waals surface area contributed by atoms with E-state index in [-0.39, 0.29) is 79.0 Å². The van der Waals surface area contributed by atoms with Gasteiger partial charge in [-0.15, -0.1) is 0 Å². The zero-order valence-corrected chi connectivity index (χ0v) is 23.6. The Morgan fingerprint density at radius 3 is 1.23 bits per heavy atom. The molecule has 22 heavy (non-hydrogen) atoms. The smallest absolute Gasteiger partial charge is 1.00 e. The number of hydrogen-bond donors (Lipinski definition) is 1. The fourth-order valence-electron chi connectivity index (χ4n) is 2.65. The van der Waals surface area contributed by atoms with Gasteiger partial charge < -0.3 is 7.96 Å². The number of carboxylic acids is 1. The fourth-order valence-corrected chi connectivity index (χ4v) is 2.65. The first kappa shape index (κ1) is 28.8. The summed E-state index contributed by atoms with van der Waals surface area (Å²) in [7, 11) is 0. The third kappa shape index (κ3) is 26.8. The Kier molecular flexibility index (Phi) is 32.9. The molecule has 0 aromatic carbocycles. The van der Waals surface area contributed by atoms with Gasteiger partial charge in [-0.1, -0.05) is 96.8 Å². The second-order valence-electron chi connectivity index (χ2n) is 6.09. The maximum Gasteiger partial charge on any atom is 2.00 e. The Bertz CT molecular complexity index is 223. The first-order valence-corrected chi connectivity index (χ1v) is 8.99. The molecule has 0 atom stereocenters. The quantitative estimate of drug-likeness (QED) is 0.189. The van der Waals surface area contributed by atoms with Crippen molar-refractivity contribution in [2.45, 2.75) is 110 Å². The van der Waals surface area contributed by atoms with Gasteiger partial charge >= 0.3 is 54.9 Å². The van der Waals surface area contributed by atoms with Crippen molar-refractivity contribution in [3.8, 4) is 0 Å². The number of unbranched alkanes of at least 4 members (excludes halogenated alkanes) is 14. The topological polar surface area (TPSA) is 37.3 Å². The fraction of sp³-hybridized carbons (Fsp3) is 0.944. The van der Waals surface area contributed by atoms with Gasteiger partial charge in [0.05, 0.1) is 0 Å². The normalized spacial score (nSPS) is 9.86. The number of hydrogen-bond acceptors (Lipinski definition) is 1. The predicted molar refractivity (Wildman–Crippen MR) is 95.2 cm³/mol. The summed E-state index contributed by atoms with van der Waals surface area (Å²) in [5.74, 6) is -0.653. The van der Waals surface area contributed by atoms with Crippen molar-refractivity contribution < 1.29 is 40.1 Å². The molecule has 0 fully saturated rings. The van der Waals surface area contributed by atoms with Crippen LogP contribution in [0, 0.1) is 0 Å². The van der Waals surface area contributed by atoms with Crippen LogP contribution in [0.25, 0.3) is 0 Å². The Labute approximate surface area is 202 Å². The van der Waals surface area contributed by atoms with Gasteiger partial charge in [-0.2, -0.15) is 0 Å². The molecule has 0 aliphatic heterocycles. The molecule has 0 amide bonds. The third-order valence-corrected chi connectivity index (χ3v) is 3.99. The molecule has 0 saturated carbocycles. The molecule has 4 heteroatoms. The largest absolute Gasteiger partial charge is 2.00 e. The van der Waals surface area contributed by atoms with Crippen LogP contribution in [0.4, 0.5) is 0 Å². The third-order valence-electron chi connectivity index (χ3n) is 3.99. The maximum absolute atomic E-state index is 10.3. The van der Waals surface area contributed by atoms with Crippen LogP contribution in [0.15, 0.2) is 0 Å². The molecule has 0 radical (unpaired) electrons. The molecule has 0 aromatic heterocycles. The van der Waals surface area contributed by atoms with Gasteiger partial charge in [0.2, 0.25) is 0 Å². The van der Waals surface area contributed by atoms with E-state index >= 15 is 0 Å². The van der Waals surface area contributed by atoms with Crippen molar-refractivity contribution in [1.29, 1.82) is 0 Å². The van der Waals surface area contributed by atoms with Gasteiger partial charge in [-0.25, -0.2) is 0 Å². The average molecular weight is 536 g/mol. The molecule has 126 valence electrons.